The number of hydrogen-bond acceptors (Lipinski definition) is 1. The Hall–Kier alpha value is 5.18. The van der Waals surface area contributed by atoms with Gasteiger partial charge in [-0.1, -0.05) is 0 Å². The van der Waals surface area contributed by atoms with Gasteiger partial charge in [0.25, 0.3) is 0 Å². The van der Waals surface area contributed by atoms with Crippen molar-refractivity contribution in [3.8, 4) is 0 Å². The van der Waals surface area contributed by atoms with E-state index in [1.165, 1.54) is 0 Å². The normalized spacial score (nSPS) is 6.62. The lowest BCUT2D eigenvalue weighted by molar-refractivity contribution is 0.313. The zero-order valence-electron chi connectivity index (χ0n) is 14.2. The molecule has 0 saturated heterocycles. The lowest BCUT2D eigenvalue weighted by Gasteiger charge is -1.84. The topological polar surface area (TPSA) is 20.2 Å². The average Bonchev–Trinajstić information content (AvgIpc) is 2.60. The molecule has 1 N–H and O–H groups in total. The van der Waals surface area contributed by atoms with Crippen molar-refractivity contribution in [1.82, 2.24) is 0 Å². The van der Waals surface area contributed by atoms with E-state index in [9.17, 15) is 0 Å². The predicted molar refractivity (Wildman–Crippen MR) is 155 cm³/mol. The van der Waals surface area contributed by atoms with E-state index < -0.39 is 4.84 Å². The van der Waals surface area contributed by atoms with Gasteiger partial charge < -0.3 is 5.11 Å². The fourth-order valence-electron chi connectivity index (χ4n) is 0. The third-order valence-electron chi connectivity index (χ3n) is 0.138. The van der Waals surface area contributed by atoms with Crippen LogP contribution in [0, 0.1) is 0 Å². The third kappa shape index (κ3) is 626. The van der Waals surface area contributed by atoms with Crippen LogP contribution < -0.4 is 0 Å². The monoisotopic (exact) mass is 786 g/mol. The highest BCUT2D eigenvalue weighted by Crippen LogP contribution is 1.96. The van der Waals surface area contributed by atoms with Crippen LogP contribution in [-0.4, -0.2) is 59.3 Å². The molecule has 0 radical (unpaired) electrons. The van der Waals surface area contributed by atoms with Crippen LogP contribution in [0.1, 0.15) is 0 Å². The van der Waals surface area contributed by atoms with Gasteiger partial charge in [-0.25, -0.2) is 0 Å². The Bertz CT molecular complexity index is 92.6. The molecule has 0 aliphatic carbocycles. The van der Waals surface area contributed by atoms with E-state index in [1.54, 1.807) is 0 Å². The van der Waals surface area contributed by atoms with Crippen molar-refractivity contribution in [2.75, 3.05) is 49.3 Å². The Morgan fingerprint density at radius 2 is 0.379 bits per heavy atom. The van der Waals surface area contributed by atoms with Gasteiger partial charge in [-0.3, -0.25) is 0 Å². The van der Waals surface area contributed by atoms with Crippen molar-refractivity contribution >= 4 is 209 Å². The Kier molecular flexibility index (Phi) is 238. The number of rotatable bonds is 1. The molecule has 29 heavy (non-hydrogen) atoms. The Labute approximate surface area is 264 Å². The summed E-state index contributed by atoms with van der Waals surface area (Å²) >= 11 is 86.2. The maximum absolute atomic E-state index is 7.88. The van der Waals surface area contributed by atoms with Crippen molar-refractivity contribution in [3.63, 3.8) is 0 Å². The number of hydrogen-bond donors (Lipinski definition) is 1. The highest BCUT2D eigenvalue weighted by Gasteiger charge is 1.88. The van der Waals surface area contributed by atoms with Gasteiger partial charge in [0.2, 0.25) is 0 Å². The van der Waals surface area contributed by atoms with E-state index in [-0.39, 0.29) is 49.3 Å². The van der Waals surface area contributed by atoms with Crippen LogP contribution in [0.2, 0.25) is 0 Å². The van der Waals surface area contributed by atoms with E-state index in [4.69, 9.17) is 214 Å². The molecular weight excluding hydrogens is 774 g/mol. The first-order valence-electron chi connectivity index (χ1n) is 5.44. The Morgan fingerprint density at radius 3 is 0.379 bits per heavy atom. The number of aliphatic hydroxyl groups is 1. The largest absolute Gasteiger partial charge is 0.394 e. The summed E-state index contributed by atoms with van der Waals surface area (Å²) in [6.45, 7) is -0.164. The van der Waals surface area contributed by atoms with Crippen LogP contribution in [0.4, 0.5) is 0 Å². The van der Waals surface area contributed by atoms with E-state index in [0.29, 0.717) is 0 Å². The Morgan fingerprint density at radius 1 is 0.345 bits per heavy atom. The van der Waals surface area contributed by atoms with Gasteiger partial charge in [0.1, 0.15) is 4.84 Å². The summed E-state index contributed by atoms with van der Waals surface area (Å²) in [5.74, 6) is 0. The van der Waals surface area contributed by atoms with Crippen LogP contribution in [0.25, 0.3) is 0 Å². The summed E-state index contributed by atoms with van der Waals surface area (Å²) in [4.78, 5) is -0.616. The molecule has 1 nitrogen and oxygen atoms in total. The molecule has 0 bridgehead atoms. The van der Waals surface area contributed by atoms with E-state index >= 15 is 0 Å². The van der Waals surface area contributed by atoms with Gasteiger partial charge >= 0.3 is 0 Å². The van der Waals surface area contributed by atoms with Crippen LogP contribution in [0.5, 0.6) is 0 Å². The van der Waals surface area contributed by atoms with Crippen LogP contribution in [0.3, 0.4) is 0 Å². The molecule has 0 aromatic rings. The fraction of sp³-hybridized carbons (Fsp3) is 1.00. The van der Waals surface area contributed by atoms with Crippen LogP contribution in [-0.2, 0) is 0 Å². The summed E-state index contributed by atoms with van der Waals surface area (Å²) in [7, 11) is 0. The molecule has 0 atom stereocenters. The minimum atomic E-state index is -0.616. The number of aliphatic hydroxyl groups excluding tert-OH is 1. The summed E-state index contributed by atoms with van der Waals surface area (Å²) in [5.41, 5.74) is 0. The van der Waals surface area contributed by atoms with Crippen molar-refractivity contribution in [3.05, 3.63) is 0 Å². The highest BCUT2D eigenvalue weighted by molar-refractivity contribution is 6.44. The number of alkyl halides is 18. The predicted octanol–water partition coefficient (Wildman–Crippen LogP) is 12.2. The molecule has 0 aliphatic rings. The SMILES string of the molecule is ClCCl.ClCCl.ClCCl.ClCCl.ClCCl.ClCCl.ClCCl.ClCCl.OCC(Cl)Cl. The van der Waals surface area contributed by atoms with Crippen molar-refractivity contribution < 1.29 is 5.11 Å². The minimum Gasteiger partial charge on any atom is -0.394 e. The fourth-order valence-corrected chi connectivity index (χ4v) is 0. The molecular formula is C10H20Cl18O. The van der Waals surface area contributed by atoms with Crippen LogP contribution >= 0.6 is 209 Å². The first-order valence-corrected chi connectivity index (χ1v) is 14.9. The molecule has 0 fully saturated rings. The van der Waals surface area contributed by atoms with Gasteiger partial charge in [0.15, 0.2) is 0 Å². The summed E-state index contributed by atoms with van der Waals surface area (Å²) in [6, 6.07) is 0. The maximum atomic E-state index is 7.88. The molecule has 0 aromatic heterocycles. The molecule has 0 saturated carbocycles. The second kappa shape index (κ2) is 116. The highest BCUT2D eigenvalue weighted by atomic mass is 35.6. The minimum absolute atomic E-state index is 0.164. The molecule has 0 spiro atoms. The van der Waals surface area contributed by atoms with Crippen molar-refractivity contribution in [2.24, 2.45) is 0 Å². The van der Waals surface area contributed by atoms with Gasteiger partial charge in [-0.2, -0.15) is 0 Å². The number of halogens is 18. The molecule has 0 aliphatic heterocycles. The standard InChI is InChI=1S/C2H4Cl2O.8CH2Cl2/c3-2(4)1-5;8*2-1-3/h2,5H,1H2;8*1H2. The van der Waals surface area contributed by atoms with E-state index in [1.807, 2.05) is 0 Å². The maximum Gasteiger partial charge on any atom is 0.130 e. The third-order valence-corrected chi connectivity index (χ3v) is 0.414. The molecule has 0 unspecified atom stereocenters. The van der Waals surface area contributed by atoms with E-state index in [2.05, 4.69) is 0 Å². The smallest absolute Gasteiger partial charge is 0.130 e. The molecule has 0 aromatic carbocycles. The van der Waals surface area contributed by atoms with Crippen molar-refractivity contribution in [2.45, 2.75) is 4.84 Å². The van der Waals surface area contributed by atoms with E-state index in [0.717, 1.165) is 0 Å². The Balaban J connectivity index is -0.0000000223. The molecule has 19 heteroatoms. The zero-order chi connectivity index (χ0) is 25.9. The quantitative estimate of drug-likeness (QED) is 0.262. The molecule has 192 valence electrons. The zero-order valence-corrected chi connectivity index (χ0v) is 27.8. The molecule has 0 heterocycles. The van der Waals surface area contributed by atoms with Gasteiger partial charge in [-0.05, 0) is 0 Å². The first kappa shape index (κ1) is 59.3. The summed E-state index contributed by atoms with van der Waals surface area (Å²) < 4.78 is 0. The molecule has 0 amide bonds. The average molecular weight is 794 g/mol. The van der Waals surface area contributed by atoms with Gasteiger partial charge in [0.05, 0.1) is 49.3 Å². The first-order chi connectivity index (χ1) is 13.6. The summed E-state index contributed by atoms with van der Waals surface area (Å²) in [5, 5.41) is 9.44. The molecule has 0 rings (SSSR count). The van der Waals surface area contributed by atoms with Crippen molar-refractivity contribution in [1.29, 1.82) is 0 Å². The summed E-state index contributed by atoms with van der Waals surface area (Å²) in [6.07, 6.45) is 0. The van der Waals surface area contributed by atoms with Gasteiger partial charge in [0, 0.05) is 0 Å². The van der Waals surface area contributed by atoms with Gasteiger partial charge in [-0.15, -0.1) is 209 Å². The second-order valence-corrected chi connectivity index (χ2v) is 9.12. The lowest BCUT2D eigenvalue weighted by atomic mass is 10.9. The lowest BCUT2D eigenvalue weighted by Crippen LogP contribution is -1.90. The second-order valence-electron chi connectivity index (χ2n) is 1.38. The van der Waals surface area contributed by atoms with Crippen LogP contribution in [0.15, 0.2) is 0 Å².